The van der Waals surface area contributed by atoms with Crippen LogP contribution < -0.4 is 21.7 Å². The lowest BCUT2D eigenvalue weighted by Gasteiger charge is -2.25. The fourth-order valence-corrected chi connectivity index (χ4v) is 4.02. The Balaban J connectivity index is 3.01. The molecule has 4 unspecified atom stereocenters. The van der Waals surface area contributed by atoms with Crippen molar-refractivity contribution in [1.82, 2.24) is 16.0 Å². The van der Waals surface area contributed by atoms with E-state index in [4.69, 9.17) is 10.8 Å². The molecule has 212 valence electrons. The van der Waals surface area contributed by atoms with Gasteiger partial charge in [-0.2, -0.15) is 11.8 Å². The van der Waals surface area contributed by atoms with Crippen LogP contribution >= 0.6 is 11.8 Å². The van der Waals surface area contributed by atoms with Gasteiger partial charge in [-0.1, -0.05) is 26.0 Å². The number of nitrogens with one attached hydrogen (secondary N) is 3. The summed E-state index contributed by atoms with van der Waals surface area (Å²) in [5.74, 6) is -3.99. The molecule has 1 aromatic rings. The molecule has 0 saturated carbocycles. The molecule has 4 atom stereocenters. The average Bonchev–Trinajstić information content (AvgIpc) is 2.84. The van der Waals surface area contributed by atoms with Crippen LogP contribution in [0.2, 0.25) is 0 Å². The number of carbonyl (C=O) groups is 5. The van der Waals surface area contributed by atoms with Gasteiger partial charge in [-0.15, -0.1) is 0 Å². The highest BCUT2D eigenvalue weighted by molar-refractivity contribution is 7.98. The topological polar surface area (TPSA) is 208 Å². The zero-order valence-electron chi connectivity index (χ0n) is 21.8. The van der Waals surface area contributed by atoms with Gasteiger partial charge in [0.05, 0.1) is 6.04 Å². The van der Waals surface area contributed by atoms with Crippen molar-refractivity contribution in [3.05, 3.63) is 29.8 Å². The lowest BCUT2D eigenvalue weighted by molar-refractivity contribution is -0.142. The van der Waals surface area contributed by atoms with E-state index in [1.807, 2.05) is 13.8 Å². The molecule has 38 heavy (non-hydrogen) atoms. The Hall–Kier alpha value is -3.32. The first-order valence-corrected chi connectivity index (χ1v) is 13.6. The predicted octanol–water partition coefficient (Wildman–Crippen LogP) is 0.465. The first-order chi connectivity index (χ1) is 17.8. The van der Waals surface area contributed by atoms with Crippen molar-refractivity contribution < 1.29 is 39.3 Å². The van der Waals surface area contributed by atoms with Crippen molar-refractivity contribution in [3.63, 3.8) is 0 Å². The molecule has 0 heterocycles. The largest absolute Gasteiger partial charge is 0.508 e. The summed E-state index contributed by atoms with van der Waals surface area (Å²) < 4.78 is 0. The monoisotopic (exact) mass is 554 g/mol. The second kappa shape index (κ2) is 16.5. The minimum Gasteiger partial charge on any atom is -0.508 e. The van der Waals surface area contributed by atoms with Crippen LogP contribution in [0, 0.1) is 5.92 Å². The summed E-state index contributed by atoms with van der Waals surface area (Å²) in [5, 5.41) is 35.6. The summed E-state index contributed by atoms with van der Waals surface area (Å²) in [6.45, 7) is 3.76. The lowest BCUT2D eigenvalue weighted by atomic mass is 10.0. The van der Waals surface area contributed by atoms with Crippen molar-refractivity contribution in [3.8, 4) is 5.75 Å². The Kier molecular flexibility index (Phi) is 14.2. The van der Waals surface area contributed by atoms with Crippen LogP contribution in [0.15, 0.2) is 24.3 Å². The number of phenols is 1. The summed E-state index contributed by atoms with van der Waals surface area (Å²) in [7, 11) is 0. The zero-order valence-corrected chi connectivity index (χ0v) is 22.6. The van der Waals surface area contributed by atoms with E-state index in [0.29, 0.717) is 17.7 Å². The Bertz CT molecular complexity index is 957. The molecule has 1 aromatic carbocycles. The molecule has 3 amide bonds. The molecule has 12 nitrogen and oxygen atoms in total. The maximum atomic E-state index is 13.1. The van der Waals surface area contributed by atoms with Gasteiger partial charge in [-0.25, -0.2) is 4.79 Å². The van der Waals surface area contributed by atoms with E-state index >= 15 is 0 Å². The Labute approximate surface area is 226 Å². The molecule has 0 aliphatic rings. The number of rotatable bonds is 17. The summed E-state index contributed by atoms with van der Waals surface area (Å²) in [4.78, 5) is 61.6. The predicted molar refractivity (Wildman–Crippen MR) is 143 cm³/mol. The Morgan fingerprint density at radius 3 is 1.89 bits per heavy atom. The van der Waals surface area contributed by atoms with Crippen LogP contribution in [0.4, 0.5) is 0 Å². The molecule has 0 radical (unpaired) electrons. The number of nitrogens with two attached hydrogens (primary N) is 1. The van der Waals surface area contributed by atoms with Gasteiger partial charge in [0.15, 0.2) is 0 Å². The molecule has 0 saturated heterocycles. The van der Waals surface area contributed by atoms with Gasteiger partial charge in [0, 0.05) is 12.8 Å². The number of aliphatic carboxylic acids is 2. The number of hydrogen-bond donors (Lipinski definition) is 7. The van der Waals surface area contributed by atoms with Crippen molar-refractivity contribution >= 4 is 41.4 Å². The number of phenolic OH excluding ortho intramolecular Hbond substituents is 1. The number of carboxylic acids is 2. The minimum absolute atomic E-state index is 0.0132. The number of benzene rings is 1. The van der Waals surface area contributed by atoms with Crippen LogP contribution in [0.5, 0.6) is 5.75 Å². The van der Waals surface area contributed by atoms with Gasteiger partial charge in [-0.05, 0) is 54.9 Å². The number of carboxylic acid groups (broad SMARTS) is 2. The van der Waals surface area contributed by atoms with E-state index in [0.717, 1.165) is 0 Å². The third-order valence-electron chi connectivity index (χ3n) is 5.58. The van der Waals surface area contributed by atoms with E-state index in [1.54, 1.807) is 6.26 Å². The van der Waals surface area contributed by atoms with Crippen LogP contribution in [-0.2, 0) is 30.4 Å². The number of aromatic hydroxyl groups is 1. The molecule has 0 aliphatic carbocycles. The molecule has 0 aromatic heterocycles. The first kappa shape index (κ1) is 32.7. The summed E-state index contributed by atoms with van der Waals surface area (Å²) >= 11 is 1.41. The quantitative estimate of drug-likeness (QED) is 0.141. The van der Waals surface area contributed by atoms with E-state index < -0.39 is 60.2 Å². The van der Waals surface area contributed by atoms with E-state index in [2.05, 4.69) is 16.0 Å². The van der Waals surface area contributed by atoms with Crippen molar-refractivity contribution in [2.75, 3.05) is 12.0 Å². The molecule has 0 bridgehead atoms. The molecular weight excluding hydrogens is 516 g/mol. The maximum absolute atomic E-state index is 13.1. The van der Waals surface area contributed by atoms with Gasteiger partial charge in [0.25, 0.3) is 0 Å². The van der Waals surface area contributed by atoms with Crippen LogP contribution in [-0.4, -0.2) is 81.2 Å². The fourth-order valence-electron chi connectivity index (χ4n) is 3.55. The SMILES string of the molecule is CSCCC(NC(=O)C(CCC(=O)O)NC(=O)C(N)CC(C)C)C(=O)NC(Cc1ccc(O)cc1)C(=O)O. The van der Waals surface area contributed by atoms with E-state index in [-0.39, 0.29) is 30.9 Å². The van der Waals surface area contributed by atoms with Gasteiger partial charge in [-0.3, -0.25) is 19.2 Å². The van der Waals surface area contributed by atoms with Crippen molar-refractivity contribution in [2.45, 2.75) is 70.1 Å². The minimum atomic E-state index is -1.31. The second-order valence-corrected chi connectivity index (χ2v) is 10.3. The third kappa shape index (κ3) is 12.3. The van der Waals surface area contributed by atoms with E-state index in [9.17, 15) is 34.2 Å². The number of amides is 3. The lowest BCUT2D eigenvalue weighted by Crippen LogP contribution is -2.57. The first-order valence-electron chi connectivity index (χ1n) is 12.2. The van der Waals surface area contributed by atoms with Gasteiger partial charge >= 0.3 is 11.9 Å². The van der Waals surface area contributed by atoms with Gasteiger partial charge in [0.1, 0.15) is 23.9 Å². The average molecular weight is 555 g/mol. The third-order valence-corrected chi connectivity index (χ3v) is 6.22. The summed E-state index contributed by atoms with van der Waals surface area (Å²) in [6, 6.07) is 1.26. The van der Waals surface area contributed by atoms with Gasteiger partial charge < -0.3 is 37.0 Å². The Morgan fingerprint density at radius 2 is 1.39 bits per heavy atom. The van der Waals surface area contributed by atoms with Crippen LogP contribution in [0.25, 0.3) is 0 Å². The molecule has 13 heteroatoms. The molecule has 8 N–H and O–H groups in total. The fraction of sp³-hybridized carbons (Fsp3) is 0.560. The number of thioether (sulfide) groups is 1. The normalized spacial score (nSPS) is 14.1. The Morgan fingerprint density at radius 1 is 0.868 bits per heavy atom. The molecule has 1 rings (SSSR count). The van der Waals surface area contributed by atoms with Crippen LogP contribution in [0.3, 0.4) is 0 Å². The van der Waals surface area contributed by atoms with Gasteiger partial charge in [0.2, 0.25) is 17.7 Å². The van der Waals surface area contributed by atoms with Crippen molar-refractivity contribution in [2.24, 2.45) is 11.7 Å². The summed E-state index contributed by atoms with van der Waals surface area (Å²) in [5.41, 5.74) is 6.46. The highest BCUT2D eigenvalue weighted by atomic mass is 32.2. The standard InChI is InChI=1S/C25H38N4O8S/c1-14(2)12-17(26)22(33)27-18(8-9-21(31)32)23(34)28-19(10-11-38-3)24(35)29-20(25(36)37)13-15-4-6-16(30)7-5-15/h4-7,14,17-20,30H,8-13,26H2,1-3H3,(H,27,33)(H,28,34)(H,29,35)(H,31,32)(H,36,37). The molecule has 0 aliphatic heterocycles. The molecular formula is C25H38N4O8S. The van der Waals surface area contributed by atoms with E-state index in [1.165, 1.54) is 36.0 Å². The maximum Gasteiger partial charge on any atom is 0.326 e. The number of hydrogen-bond acceptors (Lipinski definition) is 8. The molecule has 0 spiro atoms. The zero-order chi connectivity index (χ0) is 28.8. The summed E-state index contributed by atoms with van der Waals surface area (Å²) in [6.07, 6.45) is 1.62. The van der Waals surface area contributed by atoms with Crippen molar-refractivity contribution in [1.29, 1.82) is 0 Å². The highest BCUT2D eigenvalue weighted by Crippen LogP contribution is 2.12. The highest BCUT2D eigenvalue weighted by Gasteiger charge is 2.30. The number of carbonyl (C=O) groups excluding carboxylic acids is 3. The van der Waals surface area contributed by atoms with Crippen LogP contribution in [0.1, 0.15) is 45.1 Å². The molecule has 0 fully saturated rings. The second-order valence-electron chi connectivity index (χ2n) is 9.34. The smallest absolute Gasteiger partial charge is 0.326 e.